The zero-order valence-electron chi connectivity index (χ0n) is 19.6. The van der Waals surface area contributed by atoms with Gasteiger partial charge < -0.3 is 0 Å². The molecule has 37 heavy (non-hydrogen) atoms. The Morgan fingerprint density at radius 2 is 1.57 bits per heavy atom. The van der Waals surface area contributed by atoms with Crippen molar-refractivity contribution in [3.05, 3.63) is 59.8 Å². The molecule has 1 atom stereocenters. The molecule has 1 amide bonds. The second-order valence-electron chi connectivity index (χ2n) is 9.30. The van der Waals surface area contributed by atoms with Crippen LogP contribution in [0.3, 0.4) is 0 Å². The van der Waals surface area contributed by atoms with Crippen LogP contribution < -0.4 is 4.90 Å². The zero-order valence-corrected chi connectivity index (χ0v) is 20.4. The maximum atomic E-state index is 13.3. The van der Waals surface area contributed by atoms with Crippen LogP contribution in [0, 0.1) is 5.92 Å². The molecule has 198 valence electrons. The minimum absolute atomic E-state index is 0.00535. The number of aromatic nitrogens is 2. The first-order valence-electron chi connectivity index (χ1n) is 11.1. The molecule has 2 aromatic carbocycles. The fraction of sp³-hybridized carbons (Fsp3) is 0.375. The second-order valence-corrected chi connectivity index (χ2v) is 11.8. The number of fused-ring (bicyclic) bond motifs is 1. The van der Waals surface area contributed by atoms with Gasteiger partial charge in [0.15, 0.2) is 15.7 Å². The lowest BCUT2D eigenvalue weighted by Gasteiger charge is -2.39. The lowest BCUT2D eigenvalue weighted by molar-refractivity contribution is -0.138. The Morgan fingerprint density at radius 1 is 0.919 bits per heavy atom. The average Bonchev–Trinajstić information content (AvgIpc) is 2.82. The number of benzene rings is 2. The van der Waals surface area contributed by atoms with Gasteiger partial charge in [-0.05, 0) is 62.6 Å². The Labute approximate surface area is 208 Å². The van der Waals surface area contributed by atoms with Crippen LogP contribution in [0.4, 0.5) is 32.2 Å². The molecular formula is C24H21F6N3O3S. The van der Waals surface area contributed by atoms with Crippen molar-refractivity contribution in [2.75, 3.05) is 11.4 Å². The van der Waals surface area contributed by atoms with Gasteiger partial charge in [0, 0.05) is 13.0 Å². The number of halogens is 6. The molecule has 0 aliphatic carbocycles. The summed E-state index contributed by atoms with van der Waals surface area (Å²) in [5.41, 5.74) is -1.84. The monoisotopic (exact) mass is 545 g/mol. The summed E-state index contributed by atoms with van der Waals surface area (Å²) in [6.07, 6.45) is -8.12. The standard InChI is InChI=1S/C24H21F6N3O3S/c1-22(2,37(35,36)17-5-3-4-15(10-17)23(25,26)27)14-8-9-33(21(34)12-14)20-13-31-19-11-16(24(28,29)30)6-7-18(19)32-20/h3-7,10-11,13-14H,8-9,12H2,1-2H3/t14-/m0/s1. The third-order valence-electron chi connectivity index (χ3n) is 6.70. The van der Waals surface area contributed by atoms with Crippen LogP contribution in [0.25, 0.3) is 11.0 Å². The zero-order chi connectivity index (χ0) is 27.4. The van der Waals surface area contributed by atoms with E-state index >= 15 is 0 Å². The van der Waals surface area contributed by atoms with E-state index in [1.807, 2.05) is 0 Å². The first kappa shape index (κ1) is 26.8. The molecule has 1 aliphatic rings. The summed E-state index contributed by atoms with van der Waals surface area (Å²) < 4.78 is 103. The van der Waals surface area contributed by atoms with Crippen LogP contribution >= 0.6 is 0 Å². The van der Waals surface area contributed by atoms with Gasteiger partial charge in [-0.2, -0.15) is 26.3 Å². The smallest absolute Gasteiger partial charge is 0.296 e. The summed E-state index contributed by atoms with van der Waals surface area (Å²) in [5.74, 6) is -1.09. The number of nitrogens with zero attached hydrogens (tertiary/aromatic N) is 3. The molecule has 0 radical (unpaired) electrons. The first-order chi connectivity index (χ1) is 17.0. The fourth-order valence-electron chi connectivity index (χ4n) is 4.34. The number of sulfone groups is 1. The van der Waals surface area contributed by atoms with Crippen molar-refractivity contribution in [2.24, 2.45) is 5.92 Å². The van der Waals surface area contributed by atoms with Crippen LogP contribution in [0.2, 0.25) is 0 Å². The first-order valence-corrected chi connectivity index (χ1v) is 12.6. The highest BCUT2D eigenvalue weighted by atomic mass is 32.2. The van der Waals surface area contributed by atoms with E-state index in [0.29, 0.717) is 6.07 Å². The number of piperidine rings is 1. The quantitative estimate of drug-likeness (QED) is 0.395. The Morgan fingerprint density at radius 3 is 2.19 bits per heavy atom. The van der Waals surface area contributed by atoms with E-state index in [-0.39, 0.29) is 36.2 Å². The summed E-state index contributed by atoms with van der Waals surface area (Å²) in [7, 11) is -4.26. The van der Waals surface area contributed by atoms with E-state index in [0.717, 1.165) is 36.4 Å². The molecule has 0 unspecified atom stereocenters. The number of amides is 1. The number of hydrogen-bond donors (Lipinski definition) is 0. The largest absolute Gasteiger partial charge is 0.416 e. The van der Waals surface area contributed by atoms with Gasteiger partial charge in [0.2, 0.25) is 5.91 Å². The van der Waals surface area contributed by atoms with Gasteiger partial charge >= 0.3 is 12.4 Å². The van der Waals surface area contributed by atoms with Crippen LogP contribution in [-0.4, -0.2) is 35.6 Å². The summed E-state index contributed by atoms with van der Waals surface area (Å²) >= 11 is 0. The van der Waals surface area contributed by atoms with E-state index in [2.05, 4.69) is 9.97 Å². The van der Waals surface area contributed by atoms with E-state index in [4.69, 9.17) is 0 Å². The molecule has 2 heterocycles. The SMILES string of the molecule is CC(C)([C@H]1CCN(c2cnc3cc(C(F)(F)F)ccc3n2)C(=O)C1)S(=O)(=O)c1cccc(C(F)(F)F)c1. The molecule has 0 bridgehead atoms. The number of anilines is 1. The van der Waals surface area contributed by atoms with Crippen molar-refractivity contribution < 1.29 is 39.6 Å². The molecule has 1 aromatic heterocycles. The number of alkyl halides is 6. The Hall–Kier alpha value is -3.22. The average molecular weight is 546 g/mol. The molecule has 0 spiro atoms. The number of carbonyl (C=O) groups is 1. The predicted octanol–water partition coefficient (Wildman–Crippen LogP) is 5.66. The maximum absolute atomic E-state index is 13.3. The van der Waals surface area contributed by atoms with Crippen molar-refractivity contribution >= 4 is 32.6 Å². The highest BCUT2D eigenvalue weighted by Gasteiger charge is 2.46. The minimum Gasteiger partial charge on any atom is -0.296 e. The fourth-order valence-corrected chi connectivity index (χ4v) is 6.13. The van der Waals surface area contributed by atoms with E-state index in [1.165, 1.54) is 24.9 Å². The third kappa shape index (κ3) is 5.00. The number of rotatable bonds is 4. The van der Waals surface area contributed by atoms with Crippen LogP contribution in [0.5, 0.6) is 0 Å². The molecule has 4 rings (SSSR count). The van der Waals surface area contributed by atoms with E-state index < -0.39 is 54.8 Å². The highest BCUT2D eigenvalue weighted by molar-refractivity contribution is 7.92. The van der Waals surface area contributed by atoms with Gasteiger partial charge in [0.25, 0.3) is 0 Å². The predicted molar refractivity (Wildman–Crippen MR) is 122 cm³/mol. The van der Waals surface area contributed by atoms with Gasteiger partial charge in [-0.3, -0.25) is 14.7 Å². The van der Waals surface area contributed by atoms with Crippen molar-refractivity contribution in [1.29, 1.82) is 0 Å². The second kappa shape index (κ2) is 8.96. The summed E-state index contributed by atoms with van der Waals surface area (Å²) in [6, 6.07) is 6.34. The normalized spacial score (nSPS) is 17.9. The summed E-state index contributed by atoms with van der Waals surface area (Å²) in [4.78, 5) is 22.0. The Balaban J connectivity index is 1.56. The Bertz CT molecular complexity index is 1470. The van der Waals surface area contributed by atoms with Crippen LogP contribution in [-0.2, 0) is 27.0 Å². The van der Waals surface area contributed by atoms with Crippen molar-refractivity contribution in [3.63, 3.8) is 0 Å². The summed E-state index contributed by atoms with van der Waals surface area (Å²) in [6.45, 7) is 2.81. The van der Waals surface area contributed by atoms with E-state index in [1.54, 1.807) is 0 Å². The summed E-state index contributed by atoms with van der Waals surface area (Å²) in [5, 5.41) is 0. The van der Waals surface area contributed by atoms with E-state index in [9.17, 15) is 39.6 Å². The molecule has 13 heteroatoms. The molecule has 3 aromatic rings. The van der Waals surface area contributed by atoms with Crippen molar-refractivity contribution in [3.8, 4) is 0 Å². The number of hydrogen-bond acceptors (Lipinski definition) is 5. The molecule has 1 aliphatic heterocycles. The van der Waals surface area contributed by atoms with Gasteiger partial charge in [-0.15, -0.1) is 0 Å². The molecule has 1 saturated heterocycles. The van der Waals surface area contributed by atoms with Crippen LogP contribution in [0.1, 0.15) is 37.8 Å². The Kier molecular flexibility index (Phi) is 6.50. The van der Waals surface area contributed by atoms with Gasteiger partial charge in [0.05, 0.1) is 38.0 Å². The lowest BCUT2D eigenvalue weighted by Crippen LogP contribution is -2.49. The maximum Gasteiger partial charge on any atom is 0.416 e. The number of carbonyl (C=O) groups excluding carboxylic acids is 1. The molecule has 1 fully saturated rings. The van der Waals surface area contributed by atoms with Crippen molar-refractivity contribution in [1.82, 2.24) is 9.97 Å². The lowest BCUT2D eigenvalue weighted by atomic mass is 9.85. The van der Waals surface area contributed by atoms with Gasteiger partial charge in [-0.25, -0.2) is 13.4 Å². The third-order valence-corrected chi connectivity index (χ3v) is 9.30. The molecule has 0 saturated carbocycles. The van der Waals surface area contributed by atoms with Crippen LogP contribution in [0.15, 0.2) is 53.6 Å². The minimum atomic E-state index is -4.72. The topological polar surface area (TPSA) is 80.2 Å². The molecular weight excluding hydrogens is 524 g/mol. The van der Waals surface area contributed by atoms with Gasteiger partial charge in [-0.1, -0.05) is 6.07 Å². The van der Waals surface area contributed by atoms with Gasteiger partial charge in [0.1, 0.15) is 0 Å². The highest BCUT2D eigenvalue weighted by Crippen LogP contribution is 2.40. The molecule has 6 nitrogen and oxygen atoms in total. The molecule has 0 N–H and O–H groups in total. The van der Waals surface area contributed by atoms with Crippen molar-refractivity contribution in [2.45, 2.75) is 48.7 Å².